The number of carbonyl (C=O) groups excluding carboxylic acids is 1. The zero-order chi connectivity index (χ0) is 56.0. The van der Waals surface area contributed by atoms with Crippen LogP contribution in [0, 0.1) is 11.3 Å². The molecule has 16 heteroatoms. The van der Waals surface area contributed by atoms with Crippen LogP contribution in [-0.2, 0) is 69.5 Å². The van der Waals surface area contributed by atoms with Crippen LogP contribution in [0.5, 0.6) is 5.75 Å². The van der Waals surface area contributed by atoms with Gasteiger partial charge in [-0.15, -0.1) is 0 Å². The lowest BCUT2D eigenvalue weighted by atomic mass is 9.76. The van der Waals surface area contributed by atoms with E-state index in [2.05, 4.69) is 86.7 Å². The number of rotatable bonds is 38. The van der Waals surface area contributed by atoms with Gasteiger partial charge in [0.05, 0.1) is 75.6 Å². The summed E-state index contributed by atoms with van der Waals surface area (Å²) in [5, 5.41) is 12.2. The standard InChI is InChI=1S/C59H102O14Si2/c1-19-44(37-66-38-45-26-24-23-25-27-45)32-43(5)50(73-75(20-2,21-3)22-4)33-48(65-16)36-54(60)58(9,10)56(61)55-52(70-59(11,12)71-55)35-49(72-74(17,18)57(6,7)8)34-51(68-41-62-13)53(69-42-63-14)40-67-39-46-28-30-47(64-15)31-29-46/h23-32,44,48-55,60H,19-22,33-42H2,1-18H3/b43-32-/t44-,48-,49+,50+,51-,52-,53-,54+,55-/m1/s1. The van der Waals surface area contributed by atoms with Gasteiger partial charge in [0.1, 0.15) is 31.5 Å². The third-order valence-corrected chi connectivity index (χ3v) is 24.9. The average molecular weight is 1090 g/mol. The van der Waals surface area contributed by atoms with E-state index in [9.17, 15) is 5.11 Å². The van der Waals surface area contributed by atoms with Crippen LogP contribution in [0.4, 0.5) is 0 Å². The van der Waals surface area contributed by atoms with Gasteiger partial charge in [0.2, 0.25) is 0 Å². The molecule has 0 aromatic heterocycles. The molecular weight excluding hydrogens is 989 g/mol. The molecule has 0 spiro atoms. The molecule has 14 nitrogen and oxygen atoms in total. The Kier molecular flexibility index (Phi) is 28.5. The highest BCUT2D eigenvalue weighted by atomic mass is 28.4. The number of ether oxygens (including phenoxy) is 10. The van der Waals surface area contributed by atoms with Gasteiger partial charge in [-0.25, -0.2) is 0 Å². The Morgan fingerprint density at radius 2 is 1.32 bits per heavy atom. The van der Waals surface area contributed by atoms with Crippen molar-refractivity contribution in [2.75, 3.05) is 55.2 Å². The molecule has 1 aliphatic heterocycles. The first kappa shape index (κ1) is 66.9. The fourth-order valence-corrected chi connectivity index (χ4v) is 13.6. The summed E-state index contributed by atoms with van der Waals surface area (Å²) < 4.78 is 75.3. The topological polar surface area (TPSA) is 148 Å². The smallest absolute Gasteiger partial charge is 0.192 e. The molecule has 0 unspecified atom stereocenters. The molecule has 1 saturated heterocycles. The summed E-state index contributed by atoms with van der Waals surface area (Å²) in [6.07, 6.45) is -0.493. The Morgan fingerprint density at radius 1 is 0.747 bits per heavy atom. The highest BCUT2D eigenvalue weighted by Crippen LogP contribution is 2.42. The summed E-state index contributed by atoms with van der Waals surface area (Å²) in [7, 11) is 1.91. The maximum atomic E-state index is 15.2. The zero-order valence-electron chi connectivity index (χ0n) is 49.6. The lowest BCUT2D eigenvalue weighted by molar-refractivity contribution is -0.181. The molecule has 75 heavy (non-hydrogen) atoms. The van der Waals surface area contributed by atoms with E-state index in [1.807, 2.05) is 56.3 Å². The fourth-order valence-electron chi connectivity index (χ4n) is 9.35. The summed E-state index contributed by atoms with van der Waals surface area (Å²) in [4.78, 5) is 15.2. The van der Waals surface area contributed by atoms with Crippen LogP contribution in [0.25, 0.3) is 0 Å². The second kappa shape index (κ2) is 32.0. The van der Waals surface area contributed by atoms with Gasteiger partial charge < -0.3 is 61.3 Å². The van der Waals surface area contributed by atoms with Gasteiger partial charge in [-0.1, -0.05) is 111 Å². The lowest BCUT2D eigenvalue weighted by Crippen LogP contribution is -2.50. The minimum Gasteiger partial charge on any atom is -0.497 e. The molecule has 9 atom stereocenters. The minimum absolute atomic E-state index is 0.000707. The van der Waals surface area contributed by atoms with Gasteiger partial charge in [0.25, 0.3) is 0 Å². The maximum absolute atomic E-state index is 15.2. The lowest BCUT2D eigenvalue weighted by Gasteiger charge is -2.41. The second-order valence-corrected chi connectivity index (χ2v) is 32.5. The average Bonchev–Trinajstić information content (AvgIpc) is 3.69. The Bertz CT molecular complexity index is 1910. The SMILES string of the molecule is CC[C@H](/C=C(/C)[C@H](C[C@H](C[C@H](O)C(C)(C)C(=O)[C@@H]1OC(C)(C)O[C@@H]1C[C@H](C[C@@H](OCOC)[C@@H](COCc1ccc(OC)cc1)OCOC)O[Si](C)(C)C(C)(C)C)OC)O[Si](CC)(CC)CC)COCc1ccccc1. The molecule has 0 saturated carbocycles. The number of ketones is 1. The number of Topliss-reactive ketones (excluding diaryl/α,β-unsaturated/α-hetero) is 1. The third-order valence-electron chi connectivity index (χ3n) is 15.7. The summed E-state index contributed by atoms with van der Waals surface area (Å²) in [5.41, 5.74) is 1.99. The molecule has 0 bridgehead atoms. The number of hydrogen-bond acceptors (Lipinski definition) is 14. The molecule has 2 aromatic carbocycles. The number of benzene rings is 2. The summed E-state index contributed by atoms with van der Waals surface area (Å²) in [5.74, 6) is -0.398. The largest absolute Gasteiger partial charge is 0.497 e. The molecule has 0 aliphatic carbocycles. The minimum atomic E-state index is -2.46. The van der Waals surface area contributed by atoms with Crippen molar-refractivity contribution in [3.05, 3.63) is 77.4 Å². The molecule has 0 radical (unpaired) electrons. The summed E-state index contributed by atoms with van der Waals surface area (Å²) >= 11 is 0. The molecule has 1 fully saturated rings. The van der Waals surface area contributed by atoms with Crippen LogP contribution in [0.15, 0.2) is 66.2 Å². The van der Waals surface area contributed by atoms with Gasteiger partial charge >= 0.3 is 0 Å². The van der Waals surface area contributed by atoms with Crippen LogP contribution in [0.2, 0.25) is 36.3 Å². The van der Waals surface area contributed by atoms with Gasteiger partial charge in [-0.2, -0.15) is 0 Å². The first-order chi connectivity index (χ1) is 35.4. The van der Waals surface area contributed by atoms with Crippen LogP contribution in [0.1, 0.15) is 126 Å². The van der Waals surface area contributed by atoms with Crippen LogP contribution in [-0.4, -0.2) is 137 Å². The van der Waals surface area contributed by atoms with E-state index >= 15 is 4.79 Å². The highest BCUT2D eigenvalue weighted by Gasteiger charge is 2.52. The third kappa shape index (κ3) is 21.3. The van der Waals surface area contributed by atoms with E-state index in [-0.39, 0.29) is 49.5 Å². The number of aliphatic hydroxyl groups excluding tert-OH is 1. The van der Waals surface area contributed by atoms with Crippen molar-refractivity contribution in [2.45, 2.75) is 219 Å². The van der Waals surface area contributed by atoms with E-state index in [0.717, 1.165) is 47.0 Å². The first-order valence-electron chi connectivity index (χ1n) is 27.5. The number of hydrogen-bond donors (Lipinski definition) is 1. The van der Waals surface area contributed by atoms with E-state index < -0.39 is 70.6 Å². The number of carbonyl (C=O) groups is 1. The monoisotopic (exact) mass is 1090 g/mol. The second-order valence-electron chi connectivity index (χ2n) is 23.0. The Labute approximate surface area is 455 Å². The predicted molar refractivity (Wildman–Crippen MR) is 302 cm³/mol. The molecule has 1 heterocycles. The molecular formula is C59H102O14Si2. The van der Waals surface area contributed by atoms with Crippen molar-refractivity contribution >= 4 is 22.4 Å². The van der Waals surface area contributed by atoms with Crippen molar-refractivity contribution in [2.24, 2.45) is 11.3 Å². The van der Waals surface area contributed by atoms with Crippen molar-refractivity contribution in [3.8, 4) is 5.75 Å². The molecule has 430 valence electrons. The summed E-state index contributed by atoms with van der Waals surface area (Å²) in [6, 6.07) is 20.9. The molecule has 0 amide bonds. The van der Waals surface area contributed by atoms with Crippen molar-refractivity contribution < 1.29 is 66.1 Å². The van der Waals surface area contributed by atoms with Crippen molar-refractivity contribution in [1.82, 2.24) is 0 Å². The Balaban J connectivity index is 1.93. The van der Waals surface area contributed by atoms with Crippen molar-refractivity contribution in [1.29, 1.82) is 0 Å². The van der Waals surface area contributed by atoms with E-state index in [1.165, 1.54) is 0 Å². The van der Waals surface area contributed by atoms with Crippen LogP contribution < -0.4 is 4.74 Å². The zero-order valence-corrected chi connectivity index (χ0v) is 51.6. The van der Waals surface area contributed by atoms with Gasteiger partial charge in [0.15, 0.2) is 28.2 Å². The van der Waals surface area contributed by atoms with Gasteiger partial charge in [-0.05, 0) is 92.3 Å². The van der Waals surface area contributed by atoms with Crippen LogP contribution in [0.3, 0.4) is 0 Å². The highest BCUT2D eigenvalue weighted by molar-refractivity contribution is 6.74. The van der Waals surface area contributed by atoms with Crippen molar-refractivity contribution in [3.63, 3.8) is 0 Å². The van der Waals surface area contributed by atoms with Gasteiger partial charge in [-0.3, -0.25) is 4.79 Å². The number of aliphatic hydroxyl groups is 1. The fraction of sp³-hybridized carbons (Fsp3) is 0.746. The summed E-state index contributed by atoms with van der Waals surface area (Å²) in [6.45, 7) is 31.0. The maximum Gasteiger partial charge on any atom is 0.192 e. The molecule has 1 aliphatic rings. The quantitative estimate of drug-likeness (QED) is 0.0386. The van der Waals surface area contributed by atoms with E-state index in [1.54, 1.807) is 42.3 Å². The Hall–Kier alpha value is -2.40. The van der Waals surface area contributed by atoms with E-state index in [0.29, 0.717) is 39.1 Å². The van der Waals surface area contributed by atoms with Gasteiger partial charge in [0, 0.05) is 52.9 Å². The molecule has 1 N–H and O–H groups in total. The van der Waals surface area contributed by atoms with E-state index in [4.69, 9.17) is 56.2 Å². The molecule has 2 aromatic rings. The molecule has 3 rings (SSSR count). The van der Waals surface area contributed by atoms with Crippen LogP contribution >= 0.6 is 0 Å². The Morgan fingerprint density at radius 3 is 1.85 bits per heavy atom. The number of methoxy groups -OCH3 is 4. The first-order valence-corrected chi connectivity index (χ1v) is 33.0. The normalized spacial score (nSPS) is 19.6. The predicted octanol–water partition coefficient (Wildman–Crippen LogP) is 12.2.